The second kappa shape index (κ2) is 49.4. The normalized spacial score (nSPS) is 10.3. The summed E-state index contributed by atoms with van der Waals surface area (Å²) >= 11 is -1.68. The van der Waals surface area contributed by atoms with Gasteiger partial charge in [-0.2, -0.15) is 26.2 Å². The minimum atomic E-state index is -4.16. The summed E-state index contributed by atoms with van der Waals surface area (Å²) in [5.74, 6) is -6.73. The lowest BCUT2D eigenvalue weighted by molar-refractivity contribution is -0.777. The third-order valence-electron chi connectivity index (χ3n) is 11.9. The summed E-state index contributed by atoms with van der Waals surface area (Å²) in [6.45, 7) is -1.16. The number of carbonyl (C=O) groups excluding carboxylic acids is 4. The molecule has 0 heterocycles. The first-order chi connectivity index (χ1) is 49.4. The van der Waals surface area contributed by atoms with E-state index in [4.69, 9.17) is 30.4 Å². The minimum Gasteiger partial charge on any atom is -0.691 e. The number of hydrogen-bond acceptors (Lipinski definition) is 20. The summed E-state index contributed by atoms with van der Waals surface area (Å²) in [5.41, 5.74) is 1.61. The predicted molar refractivity (Wildman–Crippen MR) is 369 cm³/mol. The van der Waals surface area contributed by atoms with Crippen molar-refractivity contribution in [3.8, 4) is 0 Å². The molecule has 0 aliphatic carbocycles. The maximum absolute atomic E-state index is 12.9. The molecule has 0 spiro atoms. The van der Waals surface area contributed by atoms with Crippen molar-refractivity contribution < 1.29 is 115 Å². The number of ether oxygens (including phenoxy) is 4. The van der Waals surface area contributed by atoms with Crippen molar-refractivity contribution >= 4 is 81.7 Å². The molecule has 0 radical (unpaired) electrons. The van der Waals surface area contributed by atoms with E-state index in [0.29, 0.717) is 16.7 Å². The highest BCUT2D eigenvalue weighted by atomic mass is 32.2. The molecule has 534 valence electrons. The van der Waals surface area contributed by atoms with Gasteiger partial charge >= 0.3 is 46.3 Å². The zero-order valence-electron chi connectivity index (χ0n) is 53.6. The molecule has 0 atom stereocenters. The van der Waals surface area contributed by atoms with Crippen molar-refractivity contribution in [1.82, 2.24) is 0 Å². The van der Waals surface area contributed by atoms with Crippen LogP contribution in [0.3, 0.4) is 0 Å². The van der Waals surface area contributed by atoms with Gasteiger partial charge in [-0.3, -0.25) is 10.1 Å². The first-order valence-electron chi connectivity index (χ1n) is 29.8. The van der Waals surface area contributed by atoms with Crippen molar-refractivity contribution in [2.45, 2.75) is 39.9 Å². The molecule has 0 saturated carbocycles. The second-order valence-electron chi connectivity index (χ2n) is 19.0. The molecule has 102 heavy (non-hydrogen) atoms. The maximum Gasteiger partial charge on any atom is 0.415 e. The summed E-state index contributed by atoms with van der Waals surface area (Å²) in [7, 11) is -0.0293. The highest BCUT2D eigenvalue weighted by Crippen LogP contribution is 2.33. The molecule has 0 unspecified atom stereocenters. The Labute approximate surface area is 598 Å². The Kier molecular flexibility index (Phi) is 40.8. The quantitative estimate of drug-likeness (QED) is 0.00604. The number of carbonyl (C=O) groups is 6. The van der Waals surface area contributed by atoms with Gasteiger partial charge in [-0.05, 0) is 121 Å². The van der Waals surface area contributed by atoms with Crippen LogP contribution in [0.1, 0.15) is 41.4 Å². The number of alkyl halides is 4. The van der Waals surface area contributed by atoms with E-state index >= 15 is 0 Å². The number of carboxylic acid groups (broad SMARTS) is 2. The van der Waals surface area contributed by atoms with Crippen molar-refractivity contribution in [3.05, 3.63) is 326 Å². The summed E-state index contributed by atoms with van der Waals surface area (Å²) < 4.78 is 74.0. The molecule has 20 nitrogen and oxygen atoms in total. The van der Waals surface area contributed by atoms with Crippen LogP contribution in [0.25, 0.3) is 0 Å². The standard InChI is InChI=1S/2C18H15S.C11H10F2O7S.2C9H10O3.C7H6O2.C2H2F2O5S/c2*1-4-10-16(11-5-1)19(17-12-6-2-7-13-17)18-14-8-3-9-15-18;12-11(13,21-20-19-16)10(15)18-7-6-17-9(14)8-4-2-1-3-5-8;2*10-6-7-12-9(11)8-4-2-1-3-5-8;8-7(9)6-4-2-1-3-5-6;3-2(4,1(5)6)10-9-8-7/h2*1-15H;1-5,16H,6-7H2;2*1-5,10H,6-7H2;1-5H,(H,8,9);7H,(H,5,6)/q2*+1;;;;;/p-2. The van der Waals surface area contributed by atoms with Crippen LogP contribution in [-0.4, -0.2) is 106 Å². The van der Waals surface area contributed by atoms with Crippen LogP contribution in [0.5, 0.6) is 0 Å². The van der Waals surface area contributed by atoms with Gasteiger partial charge in [-0.1, -0.05) is 182 Å². The first-order valence-corrected chi connectivity index (χ1v) is 33.7. The molecule has 0 amide bonds. The van der Waals surface area contributed by atoms with Crippen molar-refractivity contribution in [2.75, 3.05) is 39.6 Å². The number of rotatable bonds is 25. The molecule has 0 bridgehead atoms. The summed E-state index contributed by atoms with van der Waals surface area (Å²) in [6.07, 6.45) is 0. The number of esters is 4. The van der Waals surface area contributed by atoms with Crippen LogP contribution in [0.2, 0.25) is 0 Å². The summed E-state index contributed by atoms with van der Waals surface area (Å²) in [4.78, 5) is 72.4. The van der Waals surface area contributed by atoms with E-state index in [2.05, 4.69) is 215 Å². The van der Waals surface area contributed by atoms with Gasteiger partial charge in [0.05, 0.1) is 57.3 Å². The lowest BCUT2D eigenvalue weighted by atomic mass is 10.2. The van der Waals surface area contributed by atoms with Crippen LogP contribution in [0.15, 0.2) is 333 Å². The van der Waals surface area contributed by atoms with Crippen LogP contribution in [-0.2, 0) is 69.1 Å². The Morgan fingerprint density at radius 2 is 0.539 bits per heavy atom. The molecule has 10 aromatic rings. The Balaban J connectivity index is 0.000000258. The van der Waals surface area contributed by atoms with E-state index in [9.17, 15) is 51.6 Å². The third-order valence-corrected chi connectivity index (χ3v) is 17.4. The number of benzene rings is 10. The Hall–Kier alpha value is -10.2. The molecule has 4 N–H and O–H groups in total. The van der Waals surface area contributed by atoms with Gasteiger partial charge in [0.2, 0.25) is 0 Å². The monoisotopic (exact) mass is 1480 g/mol. The number of hydrogen-bond donors (Lipinski definition) is 4. The number of halogens is 4. The van der Waals surface area contributed by atoms with Crippen LogP contribution in [0.4, 0.5) is 17.6 Å². The number of aromatic carboxylic acids is 1. The molecular formula is C74H66F4O20S4. The average molecular weight is 1480 g/mol. The average Bonchev–Trinajstić information content (AvgIpc) is 0.846. The zero-order valence-corrected chi connectivity index (χ0v) is 56.8. The molecule has 10 rings (SSSR count). The van der Waals surface area contributed by atoms with Crippen LogP contribution in [0, 0.1) is 0 Å². The molecule has 0 saturated heterocycles. The van der Waals surface area contributed by atoms with Gasteiger partial charge in [0.25, 0.3) is 0 Å². The SMILES string of the molecule is O=C(O)C(F)(F)SOO[O-].O=C(O)c1ccccc1.O=C(OCCO)c1ccccc1.O=C(OCCO)c1ccccc1.O=C(OCCOC(=O)C(F)(F)SOO[O-])c1ccccc1.c1ccc([S+](c2ccccc2)c2ccccc2)cc1.c1ccc([S+](c2ccccc2)c2ccccc2)cc1. The number of aliphatic carboxylic acids is 1. The van der Waals surface area contributed by atoms with E-state index in [1.54, 1.807) is 97.1 Å². The fraction of sp³-hybridized carbons (Fsp3) is 0.108. The molecule has 28 heteroatoms. The van der Waals surface area contributed by atoms with Gasteiger partial charge < -0.3 is 49.9 Å². The Morgan fingerprint density at radius 1 is 0.324 bits per heavy atom. The first kappa shape index (κ1) is 84.2. The molecular weight excluding hydrogens is 1410 g/mol. The van der Waals surface area contributed by atoms with Gasteiger partial charge in [-0.25, -0.2) is 28.8 Å². The van der Waals surface area contributed by atoms with E-state index in [0.717, 1.165) is 0 Å². The van der Waals surface area contributed by atoms with E-state index in [1.165, 1.54) is 41.5 Å². The summed E-state index contributed by atoms with van der Waals surface area (Å²) in [5, 5.41) is 48.0. The van der Waals surface area contributed by atoms with Gasteiger partial charge in [0, 0.05) is 0 Å². The maximum atomic E-state index is 12.9. The third kappa shape index (κ3) is 32.9. The topological polar surface area (TPSA) is 303 Å². The predicted octanol–water partition coefficient (Wildman–Crippen LogP) is 13.0. The molecule has 0 fully saturated rings. The highest BCUT2D eigenvalue weighted by molar-refractivity contribution is 7.97. The Morgan fingerprint density at radius 3 is 0.755 bits per heavy atom. The van der Waals surface area contributed by atoms with E-state index in [1.807, 2.05) is 12.1 Å². The van der Waals surface area contributed by atoms with Gasteiger partial charge in [0.15, 0.2) is 29.4 Å². The van der Waals surface area contributed by atoms with Crippen LogP contribution < -0.4 is 10.5 Å². The number of aliphatic hydroxyl groups excluding tert-OH is 2. The fourth-order valence-corrected chi connectivity index (χ4v) is 12.2. The van der Waals surface area contributed by atoms with Gasteiger partial charge in [0.1, 0.15) is 50.5 Å². The van der Waals surface area contributed by atoms with Crippen LogP contribution >= 0.6 is 24.1 Å². The van der Waals surface area contributed by atoms with Crippen molar-refractivity contribution in [3.63, 3.8) is 0 Å². The largest absolute Gasteiger partial charge is 0.691 e. The lowest BCUT2D eigenvalue weighted by Crippen LogP contribution is -2.29. The molecule has 0 aliphatic heterocycles. The highest BCUT2D eigenvalue weighted by Gasteiger charge is 2.44. The van der Waals surface area contributed by atoms with E-state index < -0.39 is 83.6 Å². The minimum absolute atomic E-state index is 0.0146. The second-order valence-corrected chi connectivity index (χ2v) is 24.7. The summed E-state index contributed by atoms with van der Waals surface area (Å²) in [6, 6.07) is 97.9. The number of carboxylic acids is 2. The lowest BCUT2D eigenvalue weighted by Gasteiger charge is -2.14. The molecule has 10 aromatic carbocycles. The Bertz CT molecular complexity index is 3560. The van der Waals surface area contributed by atoms with Crippen molar-refractivity contribution in [1.29, 1.82) is 0 Å². The smallest absolute Gasteiger partial charge is 0.415 e. The zero-order chi connectivity index (χ0) is 74.1. The molecule has 0 aromatic heterocycles. The number of aliphatic hydroxyl groups is 2. The fourth-order valence-electron chi connectivity index (χ4n) is 7.52. The van der Waals surface area contributed by atoms with E-state index in [-0.39, 0.29) is 53.8 Å². The van der Waals surface area contributed by atoms with Gasteiger partial charge in [-0.15, -0.1) is 0 Å². The molecule has 0 aliphatic rings. The van der Waals surface area contributed by atoms with Crippen molar-refractivity contribution in [2.24, 2.45) is 0 Å².